The summed E-state index contributed by atoms with van der Waals surface area (Å²) >= 11 is 1.44. The Balaban J connectivity index is 1.51. The number of nitrogens with one attached hydrogen (secondary N) is 2. The molecule has 3 rings (SSSR count). The molecule has 0 spiro atoms. The molecule has 4 N–H and O–H groups in total. The van der Waals surface area contributed by atoms with Gasteiger partial charge in [-0.2, -0.15) is 0 Å². The van der Waals surface area contributed by atoms with Gasteiger partial charge in [0.05, 0.1) is 11.7 Å². The van der Waals surface area contributed by atoms with Crippen LogP contribution in [0.4, 0.5) is 5.69 Å². The number of thioether (sulfide) groups is 1. The molecule has 182 valence electrons. The highest BCUT2D eigenvalue weighted by atomic mass is 32.2. The zero-order chi connectivity index (χ0) is 23.6. The molecule has 1 saturated heterocycles. The first-order valence-electron chi connectivity index (χ1n) is 11.9. The highest BCUT2D eigenvalue weighted by Crippen LogP contribution is 2.34. The van der Waals surface area contributed by atoms with Crippen LogP contribution in [-0.4, -0.2) is 65.5 Å². The van der Waals surface area contributed by atoms with E-state index in [0.717, 1.165) is 43.2 Å². The van der Waals surface area contributed by atoms with E-state index < -0.39 is 36.5 Å². The Morgan fingerprint density at radius 3 is 2.58 bits per heavy atom. The van der Waals surface area contributed by atoms with Gasteiger partial charge in [-0.05, 0) is 50.4 Å². The van der Waals surface area contributed by atoms with Gasteiger partial charge >= 0.3 is 11.9 Å². The Labute approximate surface area is 199 Å². The summed E-state index contributed by atoms with van der Waals surface area (Å²) in [5.41, 5.74) is 0.555. The van der Waals surface area contributed by atoms with E-state index in [9.17, 15) is 24.6 Å². The normalized spacial score (nSPS) is 20.2. The fourth-order valence-corrected chi connectivity index (χ4v) is 5.68. The number of anilines is 1. The predicted octanol–water partition coefficient (Wildman–Crippen LogP) is 2.96. The summed E-state index contributed by atoms with van der Waals surface area (Å²) in [6.07, 6.45) is 8.22. The SMILES string of the molecule is O=C(O)CN1C(=O)[C@@H](N[C@@H](CCCCCCC2CCNCC2)C(=O)O)CSc2ccccc21. The van der Waals surface area contributed by atoms with Crippen LogP contribution in [-0.2, 0) is 14.4 Å². The number of hydrogen-bond donors (Lipinski definition) is 4. The van der Waals surface area contributed by atoms with Crippen molar-refractivity contribution in [3.8, 4) is 0 Å². The first-order chi connectivity index (χ1) is 16.0. The van der Waals surface area contributed by atoms with E-state index >= 15 is 0 Å². The molecular formula is C24H35N3O5S. The minimum absolute atomic E-state index is 0.353. The summed E-state index contributed by atoms with van der Waals surface area (Å²) in [5.74, 6) is -1.32. The monoisotopic (exact) mass is 477 g/mol. The predicted molar refractivity (Wildman–Crippen MR) is 129 cm³/mol. The number of carboxylic acids is 2. The van der Waals surface area contributed by atoms with Crippen LogP contribution in [0.2, 0.25) is 0 Å². The Bertz CT molecular complexity index is 815. The number of benzene rings is 1. The fraction of sp³-hybridized carbons (Fsp3) is 0.625. The molecule has 9 heteroatoms. The second-order valence-electron chi connectivity index (χ2n) is 8.89. The Morgan fingerprint density at radius 1 is 1.12 bits per heavy atom. The molecule has 1 amide bonds. The third-order valence-electron chi connectivity index (χ3n) is 6.43. The summed E-state index contributed by atoms with van der Waals surface area (Å²) in [5, 5.41) is 25.4. The average Bonchev–Trinajstić information content (AvgIpc) is 2.93. The lowest BCUT2D eigenvalue weighted by Gasteiger charge is -2.26. The molecule has 1 aromatic carbocycles. The van der Waals surface area contributed by atoms with Crippen LogP contribution in [0.3, 0.4) is 0 Å². The summed E-state index contributed by atoms with van der Waals surface area (Å²) < 4.78 is 0. The Kier molecular flexibility index (Phi) is 10.0. The van der Waals surface area contributed by atoms with Gasteiger partial charge in [0, 0.05) is 10.6 Å². The second-order valence-corrected chi connectivity index (χ2v) is 9.95. The molecule has 2 aliphatic heterocycles. The van der Waals surface area contributed by atoms with Gasteiger partial charge in [-0.25, -0.2) is 0 Å². The van der Waals surface area contributed by atoms with Crippen LogP contribution < -0.4 is 15.5 Å². The number of fused-ring (bicyclic) bond motifs is 1. The van der Waals surface area contributed by atoms with Crippen LogP contribution in [0.1, 0.15) is 51.4 Å². The molecule has 0 aromatic heterocycles. The number of nitrogens with zero attached hydrogens (tertiary/aromatic N) is 1. The van der Waals surface area contributed by atoms with Gasteiger partial charge in [0.25, 0.3) is 0 Å². The number of rotatable bonds is 12. The van der Waals surface area contributed by atoms with E-state index in [-0.39, 0.29) is 0 Å². The number of aliphatic carboxylic acids is 2. The van der Waals surface area contributed by atoms with Crippen LogP contribution >= 0.6 is 11.8 Å². The number of hydrogen-bond acceptors (Lipinski definition) is 6. The van der Waals surface area contributed by atoms with E-state index in [0.29, 0.717) is 17.9 Å². The Morgan fingerprint density at radius 2 is 1.85 bits per heavy atom. The molecule has 0 bridgehead atoms. The summed E-state index contributed by atoms with van der Waals surface area (Å²) in [6.45, 7) is 1.77. The lowest BCUT2D eigenvalue weighted by Crippen LogP contribution is -2.53. The van der Waals surface area contributed by atoms with E-state index in [2.05, 4.69) is 10.6 Å². The molecule has 0 radical (unpaired) electrons. The number of piperidine rings is 1. The van der Waals surface area contributed by atoms with Crippen molar-refractivity contribution in [1.82, 2.24) is 10.6 Å². The maximum absolute atomic E-state index is 13.2. The van der Waals surface area contributed by atoms with Crippen LogP contribution in [0.15, 0.2) is 29.2 Å². The van der Waals surface area contributed by atoms with Crippen LogP contribution in [0.25, 0.3) is 0 Å². The molecule has 2 heterocycles. The average molecular weight is 478 g/mol. The number of carboxylic acid groups (broad SMARTS) is 2. The van der Waals surface area contributed by atoms with E-state index in [4.69, 9.17) is 0 Å². The van der Waals surface area contributed by atoms with Gasteiger partial charge in [0.15, 0.2) is 0 Å². The topological polar surface area (TPSA) is 119 Å². The second kappa shape index (κ2) is 13.0. The van der Waals surface area contributed by atoms with Crippen LogP contribution in [0.5, 0.6) is 0 Å². The number of para-hydroxylation sites is 1. The first kappa shape index (κ1) is 25.5. The summed E-state index contributed by atoms with van der Waals surface area (Å²) in [6, 6.07) is 5.58. The Hall–Kier alpha value is -2.10. The van der Waals surface area contributed by atoms with E-state index in [1.54, 1.807) is 12.1 Å². The van der Waals surface area contributed by atoms with Crippen molar-refractivity contribution in [2.75, 3.05) is 30.3 Å². The third-order valence-corrected chi connectivity index (χ3v) is 7.59. The molecule has 2 aliphatic rings. The summed E-state index contributed by atoms with van der Waals surface area (Å²) in [7, 11) is 0. The largest absolute Gasteiger partial charge is 0.480 e. The number of amides is 1. The molecule has 0 unspecified atom stereocenters. The standard InChI is InChI=1S/C24H35N3O5S/c28-22(29)15-27-20-9-5-6-10-21(20)33-16-19(23(27)30)26-18(24(31)32)8-4-2-1-3-7-17-11-13-25-14-12-17/h5-6,9-10,17-19,25-26H,1-4,7-8,11-16H2,(H,28,29)(H,31,32)/t18-,19-/m0/s1. The highest BCUT2D eigenvalue weighted by Gasteiger charge is 2.34. The minimum Gasteiger partial charge on any atom is -0.480 e. The van der Waals surface area contributed by atoms with Crippen LogP contribution in [0, 0.1) is 5.92 Å². The third kappa shape index (κ3) is 7.72. The molecular weight excluding hydrogens is 442 g/mol. The van der Waals surface area contributed by atoms with Crippen molar-refractivity contribution >= 4 is 35.3 Å². The highest BCUT2D eigenvalue weighted by molar-refractivity contribution is 7.99. The number of unbranched alkanes of at least 4 members (excludes halogenated alkanes) is 3. The van der Waals surface area contributed by atoms with Crippen molar-refractivity contribution in [1.29, 1.82) is 0 Å². The van der Waals surface area contributed by atoms with Crippen molar-refractivity contribution in [3.05, 3.63) is 24.3 Å². The maximum Gasteiger partial charge on any atom is 0.323 e. The molecule has 1 aromatic rings. The molecule has 2 atom stereocenters. The number of carbonyl (C=O) groups excluding carboxylic acids is 1. The van der Waals surface area contributed by atoms with Gasteiger partial charge in [-0.1, -0.05) is 44.2 Å². The molecule has 8 nitrogen and oxygen atoms in total. The minimum atomic E-state index is -1.11. The molecule has 0 saturated carbocycles. The van der Waals surface area contributed by atoms with Gasteiger partial charge in [0.2, 0.25) is 5.91 Å². The van der Waals surface area contributed by atoms with Crippen molar-refractivity contribution < 1.29 is 24.6 Å². The zero-order valence-electron chi connectivity index (χ0n) is 19.0. The van der Waals surface area contributed by atoms with Gasteiger partial charge in [0.1, 0.15) is 12.6 Å². The van der Waals surface area contributed by atoms with E-state index in [1.807, 2.05) is 12.1 Å². The van der Waals surface area contributed by atoms with Crippen molar-refractivity contribution in [2.45, 2.75) is 68.3 Å². The van der Waals surface area contributed by atoms with Crippen molar-refractivity contribution in [3.63, 3.8) is 0 Å². The smallest absolute Gasteiger partial charge is 0.323 e. The lowest BCUT2D eigenvalue weighted by molar-refractivity contribution is -0.140. The summed E-state index contributed by atoms with van der Waals surface area (Å²) in [4.78, 5) is 38.5. The van der Waals surface area contributed by atoms with Gasteiger partial charge < -0.3 is 15.5 Å². The molecule has 1 fully saturated rings. The quantitative estimate of drug-likeness (QED) is 0.339. The first-order valence-corrected chi connectivity index (χ1v) is 12.9. The number of carbonyl (C=O) groups is 3. The van der Waals surface area contributed by atoms with Gasteiger partial charge in [-0.15, -0.1) is 11.8 Å². The molecule has 0 aliphatic carbocycles. The maximum atomic E-state index is 13.2. The van der Waals surface area contributed by atoms with E-state index in [1.165, 1.54) is 42.3 Å². The van der Waals surface area contributed by atoms with Crippen molar-refractivity contribution in [2.24, 2.45) is 5.92 Å². The zero-order valence-corrected chi connectivity index (χ0v) is 19.8. The molecule has 33 heavy (non-hydrogen) atoms. The lowest BCUT2D eigenvalue weighted by atomic mass is 9.92. The fourth-order valence-electron chi connectivity index (χ4n) is 4.60. The van der Waals surface area contributed by atoms with Gasteiger partial charge in [-0.3, -0.25) is 24.6 Å².